The third kappa shape index (κ3) is 3.52. The highest BCUT2D eigenvalue weighted by atomic mass is 32.1. The van der Waals surface area contributed by atoms with Crippen LogP contribution in [0.5, 0.6) is 0 Å². The van der Waals surface area contributed by atoms with Gasteiger partial charge in [0.1, 0.15) is 9.88 Å². The minimum atomic E-state index is -0.289. The maximum absolute atomic E-state index is 12.8. The van der Waals surface area contributed by atoms with Crippen molar-refractivity contribution in [3.05, 3.63) is 23.0 Å². The van der Waals surface area contributed by atoms with E-state index >= 15 is 0 Å². The van der Waals surface area contributed by atoms with E-state index in [4.69, 9.17) is 0 Å². The molecule has 1 fully saturated rings. The predicted molar refractivity (Wildman–Crippen MR) is 94.0 cm³/mol. The van der Waals surface area contributed by atoms with Gasteiger partial charge in [-0.05, 0) is 19.8 Å². The Morgan fingerprint density at radius 3 is 2.88 bits per heavy atom. The van der Waals surface area contributed by atoms with Crippen LogP contribution >= 0.6 is 11.3 Å². The fourth-order valence-corrected chi connectivity index (χ4v) is 4.29. The molecule has 0 spiro atoms. The van der Waals surface area contributed by atoms with Gasteiger partial charge in [0.15, 0.2) is 0 Å². The molecular weight excluding hydrogens is 324 g/mol. The van der Waals surface area contributed by atoms with Gasteiger partial charge in [0.2, 0.25) is 0 Å². The number of rotatable bonds is 4. The molecular formula is C17H24N4O2S. The molecule has 1 amide bonds. The summed E-state index contributed by atoms with van der Waals surface area (Å²) in [7, 11) is 3.67. The fraction of sp³-hybridized carbons (Fsp3) is 0.588. The average Bonchev–Trinajstić information content (AvgIpc) is 3.14. The van der Waals surface area contributed by atoms with Crippen LogP contribution in [0, 0.1) is 12.8 Å². The lowest BCUT2D eigenvalue weighted by molar-refractivity contribution is 0.0453. The number of aliphatic hydroxyl groups excluding tert-OH is 1. The molecule has 0 saturated heterocycles. The number of hydrogen-bond acceptors (Lipinski definition) is 5. The lowest BCUT2D eigenvalue weighted by atomic mass is 9.86. The highest BCUT2D eigenvalue weighted by Crippen LogP contribution is 2.29. The topological polar surface area (TPSA) is 71.2 Å². The van der Waals surface area contributed by atoms with Gasteiger partial charge in [-0.15, -0.1) is 11.3 Å². The zero-order chi connectivity index (χ0) is 17.3. The third-order valence-electron chi connectivity index (χ3n) is 4.67. The van der Waals surface area contributed by atoms with E-state index in [0.29, 0.717) is 11.4 Å². The van der Waals surface area contributed by atoms with Crippen molar-refractivity contribution in [3.8, 4) is 10.6 Å². The Balaban J connectivity index is 1.73. The Hall–Kier alpha value is -1.73. The van der Waals surface area contributed by atoms with E-state index in [0.717, 1.165) is 41.9 Å². The maximum atomic E-state index is 12.8. The highest BCUT2D eigenvalue weighted by Gasteiger charge is 2.27. The summed E-state index contributed by atoms with van der Waals surface area (Å²) in [6.07, 6.45) is 7.41. The number of aryl methyl sites for hydroxylation is 2. The molecule has 0 aromatic carbocycles. The van der Waals surface area contributed by atoms with Gasteiger partial charge in [-0.1, -0.05) is 12.8 Å². The minimum absolute atomic E-state index is 0.0158. The second-order valence-corrected chi connectivity index (χ2v) is 7.63. The molecule has 0 aliphatic heterocycles. The quantitative estimate of drug-likeness (QED) is 0.921. The van der Waals surface area contributed by atoms with Crippen molar-refractivity contribution in [1.29, 1.82) is 0 Å². The van der Waals surface area contributed by atoms with Gasteiger partial charge >= 0.3 is 0 Å². The van der Waals surface area contributed by atoms with Crippen LogP contribution in [0.4, 0.5) is 0 Å². The van der Waals surface area contributed by atoms with E-state index in [9.17, 15) is 9.90 Å². The number of amides is 1. The summed E-state index contributed by atoms with van der Waals surface area (Å²) in [5, 5.41) is 15.1. The van der Waals surface area contributed by atoms with E-state index in [1.54, 1.807) is 15.8 Å². The number of carbonyl (C=O) groups is 1. The molecule has 1 aliphatic carbocycles. The van der Waals surface area contributed by atoms with E-state index in [2.05, 4.69) is 10.1 Å². The summed E-state index contributed by atoms with van der Waals surface area (Å²) in [5.74, 6) is 0.164. The molecule has 2 heterocycles. The van der Waals surface area contributed by atoms with Crippen LogP contribution in [0.3, 0.4) is 0 Å². The Labute approximate surface area is 146 Å². The summed E-state index contributed by atoms with van der Waals surface area (Å²) < 4.78 is 1.73. The maximum Gasteiger partial charge on any atom is 0.265 e. The number of thiazole rings is 1. The molecule has 2 aromatic rings. The van der Waals surface area contributed by atoms with Crippen LogP contribution < -0.4 is 0 Å². The molecule has 130 valence electrons. The highest BCUT2D eigenvalue weighted by molar-refractivity contribution is 7.17. The predicted octanol–water partition coefficient (Wildman–Crippen LogP) is 2.48. The largest absolute Gasteiger partial charge is 0.393 e. The van der Waals surface area contributed by atoms with E-state index < -0.39 is 0 Å². The van der Waals surface area contributed by atoms with Crippen LogP contribution in [0.25, 0.3) is 10.6 Å². The summed E-state index contributed by atoms with van der Waals surface area (Å²) in [6, 6.07) is 0. The van der Waals surface area contributed by atoms with Gasteiger partial charge in [0, 0.05) is 38.3 Å². The number of aliphatic hydroxyl groups is 1. The molecule has 7 heteroatoms. The van der Waals surface area contributed by atoms with Crippen LogP contribution in [-0.4, -0.2) is 50.4 Å². The van der Waals surface area contributed by atoms with Gasteiger partial charge in [-0.2, -0.15) is 5.10 Å². The second kappa shape index (κ2) is 7.03. The Morgan fingerprint density at radius 1 is 1.46 bits per heavy atom. The first-order valence-electron chi connectivity index (χ1n) is 8.35. The SMILES string of the molecule is Cc1nc(-c2cnn(C)c2)sc1C(=O)N(C)CC1CCCCC1O. The Kier molecular flexibility index (Phi) is 5.01. The normalized spacial score (nSPS) is 21.0. The van der Waals surface area contributed by atoms with Crippen molar-refractivity contribution < 1.29 is 9.90 Å². The number of aromatic nitrogens is 3. The van der Waals surface area contributed by atoms with Crippen LogP contribution in [0.1, 0.15) is 41.0 Å². The minimum Gasteiger partial charge on any atom is -0.393 e. The van der Waals surface area contributed by atoms with Gasteiger partial charge in [-0.25, -0.2) is 4.98 Å². The summed E-state index contributed by atoms with van der Waals surface area (Å²) >= 11 is 1.41. The summed E-state index contributed by atoms with van der Waals surface area (Å²) in [6.45, 7) is 2.46. The average molecular weight is 348 g/mol. The van der Waals surface area contributed by atoms with Crippen molar-refractivity contribution in [1.82, 2.24) is 19.7 Å². The van der Waals surface area contributed by atoms with Crippen LogP contribution in [-0.2, 0) is 7.05 Å². The van der Waals surface area contributed by atoms with E-state index in [-0.39, 0.29) is 17.9 Å². The zero-order valence-electron chi connectivity index (χ0n) is 14.4. The van der Waals surface area contributed by atoms with Crippen molar-refractivity contribution in [2.45, 2.75) is 38.7 Å². The van der Waals surface area contributed by atoms with Gasteiger partial charge in [0.05, 0.1) is 18.0 Å². The molecule has 2 aromatic heterocycles. The molecule has 1 saturated carbocycles. The number of carbonyl (C=O) groups excluding carboxylic acids is 1. The van der Waals surface area contributed by atoms with Gasteiger partial charge in [0.25, 0.3) is 5.91 Å². The second-order valence-electron chi connectivity index (χ2n) is 6.63. The first-order chi connectivity index (χ1) is 11.5. The molecule has 6 nitrogen and oxygen atoms in total. The van der Waals surface area contributed by atoms with E-state index in [1.807, 2.05) is 27.2 Å². The van der Waals surface area contributed by atoms with Crippen LogP contribution in [0.2, 0.25) is 0 Å². The molecule has 0 bridgehead atoms. The third-order valence-corrected chi connectivity index (χ3v) is 5.86. The Morgan fingerprint density at radius 2 is 2.21 bits per heavy atom. The number of nitrogens with zero attached hydrogens (tertiary/aromatic N) is 4. The molecule has 3 rings (SSSR count). The first-order valence-corrected chi connectivity index (χ1v) is 9.17. The van der Waals surface area contributed by atoms with Gasteiger partial charge < -0.3 is 10.0 Å². The van der Waals surface area contributed by atoms with Crippen LogP contribution in [0.15, 0.2) is 12.4 Å². The van der Waals surface area contributed by atoms with Crippen molar-refractivity contribution in [2.24, 2.45) is 13.0 Å². The standard InChI is InChI=1S/C17H24N4O2S/c1-11-15(24-16(19-11)13-8-18-21(3)10-13)17(23)20(2)9-12-6-4-5-7-14(12)22/h8,10,12,14,22H,4-7,9H2,1-3H3. The zero-order valence-corrected chi connectivity index (χ0v) is 15.2. The lowest BCUT2D eigenvalue weighted by Crippen LogP contribution is -2.38. The smallest absolute Gasteiger partial charge is 0.265 e. The molecule has 2 atom stereocenters. The molecule has 1 N–H and O–H groups in total. The summed E-state index contributed by atoms with van der Waals surface area (Å²) in [4.78, 5) is 19.7. The van der Waals surface area contributed by atoms with Crippen molar-refractivity contribution in [3.63, 3.8) is 0 Å². The Bertz CT molecular complexity index is 724. The van der Waals surface area contributed by atoms with Crippen molar-refractivity contribution in [2.75, 3.05) is 13.6 Å². The fourth-order valence-electron chi connectivity index (χ4n) is 3.26. The van der Waals surface area contributed by atoms with E-state index in [1.165, 1.54) is 11.3 Å². The molecule has 2 unspecified atom stereocenters. The molecule has 24 heavy (non-hydrogen) atoms. The molecule has 1 aliphatic rings. The van der Waals surface area contributed by atoms with Crippen molar-refractivity contribution >= 4 is 17.2 Å². The lowest BCUT2D eigenvalue weighted by Gasteiger charge is -2.31. The monoisotopic (exact) mass is 348 g/mol. The summed E-state index contributed by atoms with van der Waals surface area (Å²) in [5.41, 5.74) is 1.68. The molecule has 0 radical (unpaired) electrons. The van der Waals surface area contributed by atoms with Gasteiger partial charge in [-0.3, -0.25) is 9.48 Å². The first kappa shape index (κ1) is 17.1. The number of hydrogen-bond donors (Lipinski definition) is 1.